The summed E-state index contributed by atoms with van der Waals surface area (Å²) < 4.78 is 0. The van der Waals surface area contributed by atoms with E-state index in [-0.39, 0.29) is 24.2 Å². The first-order valence-electron chi connectivity index (χ1n) is 9.18. The monoisotopic (exact) mass is 430 g/mol. The van der Waals surface area contributed by atoms with Crippen LogP contribution in [-0.4, -0.2) is 22.0 Å². The van der Waals surface area contributed by atoms with E-state index in [1.54, 1.807) is 48.5 Å². The quantitative estimate of drug-likeness (QED) is 0.527. The van der Waals surface area contributed by atoms with E-state index < -0.39 is 0 Å². The molecule has 0 radical (unpaired) electrons. The van der Waals surface area contributed by atoms with Crippen LogP contribution in [0.25, 0.3) is 0 Å². The van der Waals surface area contributed by atoms with Crippen LogP contribution in [0.5, 0.6) is 0 Å². The second kappa shape index (κ2) is 10.7. The maximum absolute atomic E-state index is 12.5. The van der Waals surface area contributed by atoms with Gasteiger partial charge in [-0.2, -0.15) is 0 Å². The van der Waals surface area contributed by atoms with Crippen LogP contribution in [0.3, 0.4) is 0 Å². The first-order chi connectivity index (χ1) is 13.6. The van der Waals surface area contributed by atoms with Gasteiger partial charge in [0.05, 0.1) is 0 Å². The molecule has 0 saturated carbocycles. The number of nitrogens with one attached hydrogen (secondary N) is 2. The minimum absolute atomic E-state index is 0. The van der Waals surface area contributed by atoms with Crippen molar-refractivity contribution in [2.75, 3.05) is 10.6 Å². The SMILES string of the molecule is CCCC(C)c1nnc(NC(=O)c2cccc(NC(=O)c3ccccc3)c2)s1.Cl. The summed E-state index contributed by atoms with van der Waals surface area (Å²) in [6, 6.07) is 15.7. The van der Waals surface area contributed by atoms with E-state index in [2.05, 4.69) is 34.7 Å². The predicted octanol–water partition coefficient (Wildman–Crippen LogP) is 5.37. The normalized spacial score (nSPS) is 11.2. The van der Waals surface area contributed by atoms with Crippen LogP contribution < -0.4 is 10.6 Å². The van der Waals surface area contributed by atoms with Gasteiger partial charge in [-0.05, 0) is 36.8 Å². The maximum Gasteiger partial charge on any atom is 0.257 e. The van der Waals surface area contributed by atoms with Gasteiger partial charge in [-0.25, -0.2) is 0 Å². The van der Waals surface area contributed by atoms with E-state index in [9.17, 15) is 9.59 Å². The number of hydrogen-bond donors (Lipinski definition) is 2. The Hall–Kier alpha value is -2.77. The van der Waals surface area contributed by atoms with Crippen molar-refractivity contribution in [1.82, 2.24) is 10.2 Å². The lowest BCUT2D eigenvalue weighted by molar-refractivity contribution is 0.101. The third kappa shape index (κ3) is 6.10. The molecule has 0 aliphatic carbocycles. The Balaban J connectivity index is 0.00000300. The number of halogens is 1. The van der Waals surface area contributed by atoms with Gasteiger partial charge in [0.25, 0.3) is 11.8 Å². The molecule has 152 valence electrons. The molecule has 1 atom stereocenters. The third-order valence-electron chi connectivity index (χ3n) is 4.22. The second-order valence-electron chi connectivity index (χ2n) is 6.49. The Morgan fingerprint density at radius 2 is 1.66 bits per heavy atom. The highest BCUT2D eigenvalue weighted by atomic mass is 35.5. The van der Waals surface area contributed by atoms with Crippen LogP contribution in [-0.2, 0) is 0 Å². The summed E-state index contributed by atoms with van der Waals surface area (Å²) in [6.45, 7) is 4.23. The van der Waals surface area contributed by atoms with Crippen LogP contribution in [0, 0.1) is 0 Å². The molecule has 0 saturated heterocycles. The van der Waals surface area contributed by atoms with Crippen molar-refractivity contribution in [3.05, 3.63) is 70.7 Å². The fraction of sp³-hybridized carbons (Fsp3) is 0.238. The molecule has 2 aromatic carbocycles. The Morgan fingerprint density at radius 1 is 0.966 bits per heavy atom. The van der Waals surface area contributed by atoms with Crippen molar-refractivity contribution < 1.29 is 9.59 Å². The minimum atomic E-state index is -0.290. The molecule has 1 heterocycles. The number of hydrogen-bond acceptors (Lipinski definition) is 5. The molecule has 8 heteroatoms. The summed E-state index contributed by atoms with van der Waals surface area (Å²) in [5, 5.41) is 15.2. The number of carbonyl (C=O) groups is 2. The Morgan fingerprint density at radius 3 is 2.38 bits per heavy atom. The van der Waals surface area contributed by atoms with Crippen molar-refractivity contribution in [3.63, 3.8) is 0 Å². The molecule has 2 amide bonds. The molecule has 3 aromatic rings. The highest BCUT2D eigenvalue weighted by molar-refractivity contribution is 7.15. The van der Waals surface area contributed by atoms with Crippen molar-refractivity contribution in [2.24, 2.45) is 0 Å². The van der Waals surface area contributed by atoms with Crippen LogP contribution in [0.4, 0.5) is 10.8 Å². The minimum Gasteiger partial charge on any atom is -0.322 e. The molecule has 6 nitrogen and oxygen atoms in total. The summed E-state index contributed by atoms with van der Waals surface area (Å²) in [5.41, 5.74) is 1.54. The number of rotatable bonds is 7. The number of carbonyl (C=O) groups excluding carboxylic acids is 2. The van der Waals surface area contributed by atoms with Crippen molar-refractivity contribution in [2.45, 2.75) is 32.6 Å². The number of amides is 2. The Kier molecular flexibility index (Phi) is 8.30. The molecule has 1 unspecified atom stereocenters. The molecule has 0 aliphatic rings. The largest absolute Gasteiger partial charge is 0.322 e. The lowest BCUT2D eigenvalue weighted by Crippen LogP contribution is -2.14. The molecule has 29 heavy (non-hydrogen) atoms. The summed E-state index contributed by atoms with van der Waals surface area (Å²) in [6.07, 6.45) is 2.11. The van der Waals surface area contributed by atoms with E-state index in [4.69, 9.17) is 0 Å². The zero-order valence-corrected chi connectivity index (χ0v) is 17.8. The van der Waals surface area contributed by atoms with Crippen LogP contribution in [0.2, 0.25) is 0 Å². The van der Waals surface area contributed by atoms with Gasteiger partial charge in [0.15, 0.2) is 0 Å². The maximum atomic E-state index is 12.5. The molecule has 0 bridgehead atoms. The van der Waals surface area contributed by atoms with Crippen molar-refractivity contribution >= 4 is 46.4 Å². The third-order valence-corrected chi connectivity index (χ3v) is 5.29. The molecule has 3 rings (SSSR count). The molecule has 0 spiro atoms. The second-order valence-corrected chi connectivity index (χ2v) is 7.50. The standard InChI is InChI=1S/C21H22N4O2S.ClH/c1-3-8-14(2)20-24-25-21(28-20)23-19(27)16-11-7-12-17(13-16)22-18(26)15-9-5-4-6-10-15;/h4-7,9-14H,3,8H2,1-2H3,(H,22,26)(H,23,25,27);1H. The van der Waals surface area contributed by atoms with Crippen LogP contribution in [0.1, 0.15) is 58.3 Å². The lowest BCUT2D eigenvalue weighted by Gasteiger charge is -2.07. The van der Waals surface area contributed by atoms with Crippen molar-refractivity contribution in [1.29, 1.82) is 0 Å². The molecule has 1 aromatic heterocycles. The van der Waals surface area contributed by atoms with E-state index >= 15 is 0 Å². The smallest absolute Gasteiger partial charge is 0.257 e. The average Bonchev–Trinajstić information content (AvgIpc) is 3.17. The van der Waals surface area contributed by atoms with Gasteiger partial charge < -0.3 is 5.32 Å². The Labute approximate surface area is 180 Å². The Bertz CT molecular complexity index is 962. The lowest BCUT2D eigenvalue weighted by atomic mass is 10.1. The van der Waals surface area contributed by atoms with Gasteiger partial charge in [0.2, 0.25) is 5.13 Å². The predicted molar refractivity (Wildman–Crippen MR) is 119 cm³/mol. The fourth-order valence-electron chi connectivity index (χ4n) is 2.74. The summed E-state index contributed by atoms with van der Waals surface area (Å²) in [5.74, 6) is -0.192. The van der Waals surface area contributed by atoms with Gasteiger partial charge in [0.1, 0.15) is 5.01 Å². The molecule has 0 fully saturated rings. The molecular formula is C21H23ClN4O2S. The number of nitrogens with zero attached hydrogens (tertiary/aromatic N) is 2. The zero-order valence-electron chi connectivity index (χ0n) is 16.2. The first kappa shape index (κ1) is 22.5. The summed E-state index contributed by atoms with van der Waals surface area (Å²) in [7, 11) is 0. The zero-order chi connectivity index (χ0) is 19.9. The van der Waals surface area contributed by atoms with E-state index in [1.807, 2.05) is 6.07 Å². The fourth-order valence-corrected chi connectivity index (χ4v) is 3.57. The highest BCUT2D eigenvalue weighted by Crippen LogP contribution is 2.26. The topological polar surface area (TPSA) is 84.0 Å². The summed E-state index contributed by atoms with van der Waals surface area (Å²) >= 11 is 1.39. The average molecular weight is 431 g/mol. The van der Waals surface area contributed by atoms with E-state index in [0.29, 0.717) is 27.9 Å². The van der Waals surface area contributed by atoms with Gasteiger partial charge in [-0.1, -0.05) is 55.9 Å². The van der Waals surface area contributed by atoms with Gasteiger partial charge >= 0.3 is 0 Å². The summed E-state index contributed by atoms with van der Waals surface area (Å²) in [4.78, 5) is 24.8. The number of benzene rings is 2. The van der Waals surface area contributed by atoms with Gasteiger partial charge in [-0.3, -0.25) is 14.9 Å². The number of aromatic nitrogens is 2. The number of anilines is 2. The van der Waals surface area contributed by atoms with Crippen molar-refractivity contribution in [3.8, 4) is 0 Å². The van der Waals surface area contributed by atoms with Gasteiger partial charge in [-0.15, -0.1) is 22.6 Å². The van der Waals surface area contributed by atoms with E-state index in [1.165, 1.54) is 11.3 Å². The molecule has 2 N–H and O–H groups in total. The van der Waals surface area contributed by atoms with Crippen LogP contribution >= 0.6 is 23.7 Å². The highest BCUT2D eigenvalue weighted by Gasteiger charge is 2.14. The van der Waals surface area contributed by atoms with E-state index in [0.717, 1.165) is 17.8 Å². The molecule has 0 aliphatic heterocycles. The van der Waals surface area contributed by atoms with Gasteiger partial charge in [0, 0.05) is 22.7 Å². The van der Waals surface area contributed by atoms with Crippen LogP contribution in [0.15, 0.2) is 54.6 Å². The molecular weight excluding hydrogens is 408 g/mol. The first-order valence-corrected chi connectivity index (χ1v) is 9.99.